The fourth-order valence-electron chi connectivity index (χ4n) is 3.54. The van der Waals surface area contributed by atoms with Crippen molar-refractivity contribution in [2.45, 2.75) is 32.4 Å². The van der Waals surface area contributed by atoms with Crippen molar-refractivity contribution in [2.24, 2.45) is 0 Å². The summed E-state index contributed by atoms with van der Waals surface area (Å²) in [5.41, 5.74) is 2.22. The summed E-state index contributed by atoms with van der Waals surface area (Å²) in [4.78, 5) is 16.2. The number of hydrogen-bond acceptors (Lipinski definition) is 4. The summed E-state index contributed by atoms with van der Waals surface area (Å²) >= 11 is 1.82. The number of para-hydroxylation sites is 1. The normalized spacial score (nSPS) is 18.9. The highest BCUT2D eigenvalue weighted by Crippen LogP contribution is 2.32. The van der Waals surface area contributed by atoms with Gasteiger partial charge in [0.2, 0.25) is 5.91 Å². The number of thiophene rings is 1. The average molecular weight is 354 g/mol. The van der Waals surface area contributed by atoms with E-state index in [4.69, 9.17) is 4.42 Å². The van der Waals surface area contributed by atoms with Gasteiger partial charge in [-0.1, -0.05) is 18.2 Å². The van der Waals surface area contributed by atoms with Gasteiger partial charge in [0, 0.05) is 22.8 Å². The quantitative estimate of drug-likeness (QED) is 0.760. The SMILES string of the molecule is C[C@H](NC(=O)CN1CCc2sccc2[C@@H]1C)c1cc2ccccc2o1. The molecule has 4 nitrogen and oxygen atoms in total. The first-order valence-corrected chi connectivity index (χ1v) is 9.58. The Morgan fingerprint density at radius 1 is 1.40 bits per heavy atom. The van der Waals surface area contributed by atoms with E-state index >= 15 is 0 Å². The van der Waals surface area contributed by atoms with Crippen LogP contribution in [0.3, 0.4) is 0 Å². The fraction of sp³-hybridized carbons (Fsp3) is 0.350. The summed E-state index contributed by atoms with van der Waals surface area (Å²) in [6.07, 6.45) is 1.03. The van der Waals surface area contributed by atoms with Crippen molar-refractivity contribution in [2.75, 3.05) is 13.1 Å². The predicted molar refractivity (Wildman–Crippen MR) is 101 cm³/mol. The van der Waals surface area contributed by atoms with Crippen LogP contribution in [-0.4, -0.2) is 23.9 Å². The molecule has 4 rings (SSSR count). The molecule has 2 atom stereocenters. The molecule has 0 fully saturated rings. The molecule has 1 aromatic carbocycles. The number of carbonyl (C=O) groups excluding carboxylic acids is 1. The van der Waals surface area contributed by atoms with E-state index in [0.717, 1.165) is 29.7 Å². The van der Waals surface area contributed by atoms with Crippen LogP contribution in [0, 0.1) is 0 Å². The van der Waals surface area contributed by atoms with Gasteiger partial charge in [0.15, 0.2) is 0 Å². The molecule has 3 aromatic rings. The minimum Gasteiger partial charge on any atom is -0.459 e. The summed E-state index contributed by atoms with van der Waals surface area (Å²) in [7, 11) is 0. The first-order valence-electron chi connectivity index (χ1n) is 8.70. The third kappa shape index (κ3) is 3.22. The second-order valence-corrected chi connectivity index (χ2v) is 7.67. The zero-order chi connectivity index (χ0) is 17.4. The summed E-state index contributed by atoms with van der Waals surface area (Å²) in [5, 5.41) is 6.28. The van der Waals surface area contributed by atoms with Crippen molar-refractivity contribution >= 4 is 28.2 Å². The van der Waals surface area contributed by atoms with Gasteiger partial charge in [0.05, 0.1) is 12.6 Å². The van der Waals surface area contributed by atoms with Crippen molar-refractivity contribution in [3.8, 4) is 0 Å². The van der Waals surface area contributed by atoms with Gasteiger partial charge in [-0.05, 0) is 49.4 Å². The van der Waals surface area contributed by atoms with E-state index in [1.807, 2.05) is 48.6 Å². The van der Waals surface area contributed by atoms with Gasteiger partial charge >= 0.3 is 0 Å². The smallest absolute Gasteiger partial charge is 0.234 e. The lowest BCUT2D eigenvalue weighted by molar-refractivity contribution is -0.123. The van der Waals surface area contributed by atoms with Gasteiger partial charge in [-0.2, -0.15) is 0 Å². The van der Waals surface area contributed by atoms with E-state index in [2.05, 4.69) is 28.6 Å². The highest BCUT2D eigenvalue weighted by molar-refractivity contribution is 7.10. The Morgan fingerprint density at radius 3 is 3.08 bits per heavy atom. The van der Waals surface area contributed by atoms with E-state index in [1.165, 1.54) is 10.4 Å². The average Bonchev–Trinajstić information content (AvgIpc) is 3.24. The summed E-state index contributed by atoms with van der Waals surface area (Å²) < 4.78 is 5.85. The summed E-state index contributed by atoms with van der Waals surface area (Å²) in [5.74, 6) is 0.833. The summed E-state index contributed by atoms with van der Waals surface area (Å²) in [6.45, 7) is 5.50. The van der Waals surface area contributed by atoms with E-state index in [-0.39, 0.29) is 11.9 Å². The van der Waals surface area contributed by atoms with Crippen molar-refractivity contribution < 1.29 is 9.21 Å². The molecule has 25 heavy (non-hydrogen) atoms. The number of fused-ring (bicyclic) bond motifs is 2. The molecule has 1 aliphatic heterocycles. The number of nitrogens with zero attached hydrogens (tertiary/aromatic N) is 1. The maximum atomic E-state index is 12.5. The van der Waals surface area contributed by atoms with Crippen molar-refractivity contribution in [1.29, 1.82) is 0 Å². The number of hydrogen-bond donors (Lipinski definition) is 1. The largest absolute Gasteiger partial charge is 0.459 e. The van der Waals surface area contributed by atoms with Crippen molar-refractivity contribution in [1.82, 2.24) is 10.2 Å². The third-order valence-electron chi connectivity index (χ3n) is 5.00. The highest BCUT2D eigenvalue weighted by atomic mass is 32.1. The fourth-order valence-corrected chi connectivity index (χ4v) is 4.50. The predicted octanol–water partition coefficient (Wildman–Crippen LogP) is 4.29. The minimum atomic E-state index is -0.142. The lowest BCUT2D eigenvalue weighted by atomic mass is 10.0. The second-order valence-electron chi connectivity index (χ2n) is 6.67. The number of rotatable bonds is 4. The second kappa shape index (κ2) is 6.65. The molecule has 0 aliphatic carbocycles. The first kappa shape index (κ1) is 16.4. The first-order chi connectivity index (χ1) is 12.1. The highest BCUT2D eigenvalue weighted by Gasteiger charge is 2.26. The molecular formula is C20H22N2O2S. The lowest BCUT2D eigenvalue weighted by Gasteiger charge is -2.33. The Hall–Kier alpha value is -2.11. The number of carbonyl (C=O) groups is 1. The Labute approximate surface area is 151 Å². The van der Waals surface area contributed by atoms with E-state index < -0.39 is 0 Å². The van der Waals surface area contributed by atoms with E-state index in [0.29, 0.717) is 12.6 Å². The van der Waals surface area contributed by atoms with Crippen LogP contribution in [0.2, 0.25) is 0 Å². The number of nitrogens with one attached hydrogen (secondary N) is 1. The van der Waals surface area contributed by atoms with Gasteiger partial charge in [-0.3, -0.25) is 9.69 Å². The molecule has 0 saturated heterocycles. The molecule has 0 bridgehead atoms. The molecule has 1 amide bonds. The lowest BCUT2D eigenvalue weighted by Crippen LogP contribution is -2.42. The van der Waals surface area contributed by atoms with E-state index in [1.54, 1.807) is 0 Å². The van der Waals surface area contributed by atoms with Crippen LogP contribution in [-0.2, 0) is 11.2 Å². The van der Waals surface area contributed by atoms with Crippen LogP contribution in [0.25, 0.3) is 11.0 Å². The Balaban J connectivity index is 1.40. The van der Waals surface area contributed by atoms with Gasteiger partial charge in [-0.15, -0.1) is 11.3 Å². The van der Waals surface area contributed by atoms with Gasteiger partial charge in [-0.25, -0.2) is 0 Å². The maximum absolute atomic E-state index is 12.5. The van der Waals surface area contributed by atoms with Crippen LogP contribution in [0.4, 0.5) is 0 Å². The molecule has 5 heteroatoms. The molecule has 2 aromatic heterocycles. The zero-order valence-corrected chi connectivity index (χ0v) is 15.3. The Morgan fingerprint density at radius 2 is 2.24 bits per heavy atom. The van der Waals surface area contributed by atoms with Crippen LogP contribution in [0.15, 0.2) is 46.2 Å². The third-order valence-corrected chi connectivity index (χ3v) is 6.00. The number of benzene rings is 1. The number of furan rings is 1. The molecule has 0 saturated carbocycles. The molecular weight excluding hydrogens is 332 g/mol. The van der Waals surface area contributed by atoms with Crippen LogP contribution in [0.1, 0.15) is 42.1 Å². The molecule has 1 aliphatic rings. The molecule has 130 valence electrons. The van der Waals surface area contributed by atoms with E-state index in [9.17, 15) is 4.79 Å². The monoisotopic (exact) mass is 354 g/mol. The molecule has 0 radical (unpaired) electrons. The molecule has 1 N–H and O–H groups in total. The van der Waals surface area contributed by atoms with Gasteiger partial charge in [0.25, 0.3) is 0 Å². The standard InChI is InChI=1S/C20H22N2O2S/c1-13(18-11-15-5-3-4-6-17(15)24-18)21-20(23)12-22-9-7-19-16(14(22)2)8-10-25-19/h3-6,8,10-11,13-14H,7,9,12H2,1-2H3,(H,21,23)/t13-,14-/m0/s1. The minimum absolute atomic E-state index is 0.0403. The van der Waals surface area contributed by atoms with Gasteiger partial charge in [0.1, 0.15) is 11.3 Å². The molecule has 0 spiro atoms. The topological polar surface area (TPSA) is 45.5 Å². The van der Waals surface area contributed by atoms with Gasteiger partial charge < -0.3 is 9.73 Å². The van der Waals surface area contributed by atoms with Crippen molar-refractivity contribution in [3.63, 3.8) is 0 Å². The maximum Gasteiger partial charge on any atom is 0.234 e. The molecule has 0 unspecified atom stereocenters. The van der Waals surface area contributed by atoms with Crippen LogP contribution >= 0.6 is 11.3 Å². The number of amides is 1. The van der Waals surface area contributed by atoms with Crippen molar-refractivity contribution in [3.05, 3.63) is 58.0 Å². The zero-order valence-electron chi connectivity index (χ0n) is 14.5. The molecule has 3 heterocycles. The Kier molecular flexibility index (Phi) is 4.36. The van der Waals surface area contributed by atoms with Crippen LogP contribution < -0.4 is 5.32 Å². The Bertz CT molecular complexity index is 865. The van der Waals surface area contributed by atoms with Crippen LogP contribution in [0.5, 0.6) is 0 Å². The summed E-state index contributed by atoms with van der Waals surface area (Å²) in [6, 6.07) is 12.2.